The summed E-state index contributed by atoms with van der Waals surface area (Å²) >= 11 is 0. The molecule has 0 aliphatic carbocycles. The minimum atomic E-state index is -0.613. The maximum absolute atomic E-state index is 11.6. The van der Waals surface area contributed by atoms with Crippen molar-refractivity contribution in [1.82, 2.24) is 5.32 Å². The summed E-state index contributed by atoms with van der Waals surface area (Å²) in [6.07, 6.45) is 0.483. The zero-order chi connectivity index (χ0) is 14.1. The van der Waals surface area contributed by atoms with Crippen LogP contribution in [0, 0.1) is 0 Å². The number of rotatable bonds is 7. The molecule has 1 amide bonds. The highest BCUT2D eigenvalue weighted by molar-refractivity contribution is 5.84. The molecular weight excluding hydrogens is 246 g/mol. The molecule has 0 aliphatic rings. The Bertz CT molecular complexity index is 405. The molecule has 1 rings (SSSR count). The molecule has 1 aromatic rings. The lowest BCUT2D eigenvalue weighted by atomic mass is 10.2. The van der Waals surface area contributed by atoms with E-state index in [1.165, 1.54) is 7.11 Å². The molecule has 0 aromatic heterocycles. The fourth-order valence-corrected chi connectivity index (χ4v) is 1.54. The standard InChI is InChI=1S/C14H19NO4/c1-3-12(14(17)18-2)15-13(16)10-19-9-11-7-5-4-6-8-11/h4-8,12H,3,9-10H2,1-2H3,(H,15,16)/t12-/m0/s1. The van der Waals surface area contributed by atoms with Crippen molar-refractivity contribution in [2.24, 2.45) is 0 Å². The summed E-state index contributed by atoms with van der Waals surface area (Å²) in [6.45, 7) is 2.08. The van der Waals surface area contributed by atoms with Gasteiger partial charge < -0.3 is 14.8 Å². The second kappa shape index (κ2) is 8.26. The smallest absolute Gasteiger partial charge is 0.328 e. The van der Waals surface area contributed by atoms with Gasteiger partial charge >= 0.3 is 5.97 Å². The molecule has 0 saturated heterocycles. The van der Waals surface area contributed by atoms with E-state index in [1.807, 2.05) is 30.3 Å². The van der Waals surface area contributed by atoms with Crippen LogP contribution in [0.4, 0.5) is 0 Å². The highest BCUT2D eigenvalue weighted by atomic mass is 16.5. The highest BCUT2D eigenvalue weighted by Crippen LogP contribution is 2.00. The van der Waals surface area contributed by atoms with E-state index < -0.39 is 12.0 Å². The number of nitrogens with one attached hydrogen (secondary N) is 1. The van der Waals surface area contributed by atoms with Gasteiger partial charge in [-0.05, 0) is 12.0 Å². The lowest BCUT2D eigenvalue weighted by molar-refractivity contribution is -0.145. The van der Waals surface area contributed by atoms with E-state index in [0.717, 1.165) is 5.56 Å². The average Bonchev–Trinajstić information content (AvgIpc) is 2.45. The second-order valence-electron chi connectivity index (χ2n) is 4.03. The SMILES string of the molecule is CC[C@H](NC(=O)COCc1ccccc1)C(=O)OC. The van der Waals surface area contributed by atoms with E-state index in [1.54, 1.807) is 6.92 Å². The predicted octanol–water partition coefficient (Wildman–Crippen LogP) is 1.27. The third kappa shape index (κ3) is 5.52. The summed E-state index contributed by atoms with van der Waals surface area (Å²) in [6, 6.07) is 8.95. The molecule has 19 heavy (non-hydrogen) atoms. The third-order valence-electron chi connectivity index (χ3n) is 2.57. The number of hydrogen-bond donors (Lipinski definition) is 1. The molecule has 0 saturated carbocycles. The molecule has 0 heterocycles. The van der Waals surface area contributed by atoms with Crippen LogP contribution < -0.4 is 5.32 Å². The van der Waals surface area contributed by atoms with Crippen LogP contribution in [0.5, 0.6) is 0 Å². The molecule has 104 valence electrons. The van der Waals surface area contributed by atoms with Gasteiger partial charge in [0.15, 0.2) is 0 Å². The topological polar surface area (TPSA) is 64.6 Å². The Morgan fingerprint density at radius 3 is 2.53 bits per heavy atom. The van der Waals surface area contributed by atoms with Crippen molar-refractivity contribution in [2.75, 3.05) is 13.7 Å². The monoisotopic (exact) mass is 265 g/mol. The van der Waals surface area contributed by atoms with Gasteiger partial charge in [0, 0.05) is 0 Å². The number of ether oxygens (including phenoxy) is 2. The number of amides is 1. The molecule has 0 radical (unpaired) electrons. The van der Waals surface area contributed by atoms with Gasteiger partial charge in [0.05, 0.1) is 13.7 Å². The van der Waals surface area contributed by atoms with Crippen molar-refractivity contribution < 1.29 is 19.1 Å². The zero-order valence-corrected chi connectivity index (χ0v) is 11.2. The molecule has 1 N–H and O–H groups in total. The number of carbonyl (C=O) groups excluding carboxylic acids is 2. The largest absolute Gasteiger partial charge is 0.467 e. The van der Waals surface area contributed by atoms with Gasteiger partial charge in [0.1, 0.15) is 12.6 Å². The van der Waals surface area contributed by atoms with E-state index in [4.69, 9.17) is 4.74 Å². The molecule has 0 fully saturated rings. The van der Waals surface area contributed by atoms with Crippen LogP contribution in [0.3, 0.4) is 0 Å². The predicted molar refractivity (Wildman–Crippen MR) is 70.3 cm³/mol. The Kier molecular flexibility index (Phi) is 6.60. The van der Waals surface area contributed by atoms with Crippen LogP contribution in [-0.2, 0) is 25.7 Å². The van der Waals surface area contributed by atoms with E-state index in [9.17, 15) is 9.59 Å². The van der Waals surface area contributed by atoms with Crippen LogP contribution in [0.15, 0.2) is 30.3 Å². The van der Waals surface area contributed by atoms with Gasteiger partial charge in [-0.15, -0.1) is 0 Å². The van der Waals surface area contributed by atoms with E-state index in [-0.39, 0.29) is 12.5 Å². The van der Waals surface area contributed by atoms with E-state index in [2.05, 4.69) is 10.1 Å². The fraction of sp³-hybridized carbons (Fsp3) is 0.429. The van der Waals surface area contributed by atoms with Crippen molar-refractivity contribution in [3.63, 3.8) is 0 Å². The molecule has 0 aliphatic heterocycles. The fourth-order valence-electron chi connectivity index (χ4n) is 1.54. The van der Waals surface area contributed by atoms with Crippen molar-refractivity contribution in [3.05, 3.63) is 35.9 Å². The minimum absolute atomic E-state index is 0.0810. The van der Waals surface area contributed by atoms with Crippen LogP contribution in [0.1, 0.15) is 18.9 Å². The molecule has 0 spiro atoms. The third-order valence-corrected chi connectivity index (χ3v) is 2.57. The van der Waals surface area contributed by atoms with Gasteiger partial charge in [-0.2, -0.15) is 0 Å². The maximum Gasteiger partial charge on any atom is 0.328 e. The van der Waals surface area contributed by atoms with E-state index in [0.29, 0.717) is 13.0 Å². The molecule has 1 aromatic carbocycles. The molecule has 1 atom stereocenters. The normalized spacial score (nSPS) is 11.7. The molecule has 0 bridgehead atoms. The average molecular weight is 265 g/mol. The Morgan fingerprint density at radius 2 is 1.95 bits per heavy atom. The van der Waals surface area contributed by atoms with Gasteiger partial charge in [0.2, 0.25) is 5.91 Å². The van der Waals surface area contributed by atoms with Crippen LogP contribution in [0.25, 0.3) is 0 Å². The van der Waals surface area contributed by atoms with Gasteiger partial charge in [-0.3, -0.25) is 4.79 Å². The number of carbonyl (C=O) groups is 2. The quantitative estimate of drug-likeness (QED) is 0.754. The van der Waals surface area contributed by atoms with Crippen molar-refractivity contribution in [3.8, 4) is 0 Å². The number of methoxy groups -OCH3 is 1. The Labute approximate surface area is 112 Å². The highest BCUT2D eigenvalue weighted by Gasteiger charge is 2.18. The van der Waals surface area contributed by atoms with Crippen molar-refractivity contribution in [2.45, 2.75) is 26.0 Å². The molecule has 5 heteroatoms. The lowest BCUT2D eigenvalue weighted by Gasteiger charge is -2.14. The van der Waals surface area contributed by atoms with Crippen molar-refractivity contribution in [1.29, 1.82) is 0 Å². The molecular formula is C14H19NO4. The lowest BCUT2D eigenvalue weighted by Crippen LogP contribution is -2.42. The minimum Gasteiger partial charge on any atom is -0.467 e. The second-order valence-corrected chi connectivity index (χ2v) is 4.03. The van der Waals surface area contributed by atoms with E-state index >= 15 is 0 Å². The number of benzene rings is 1. The van der Waals surface area contributed by atoms with Crippen LogP contribution in [-0.4, -0.2) is 31.6 Å². The van der Waals surface area contributed by atoms with Crippen LogP contribution >= 0.6 is 0 Å². The maximum atomic E-state index is 11.6. The number of hydrogen-bond acceptors (Lipinski definition) is 4. The van der Waals surface area contributed by atoms with Gasteiger partial charge in [-0.1, -0.05) is 37.3 Å². The van der Waals surface area contributed by atoms with Gasteiger partial charge in [0.25, 0.3) is 0 Å². The summed E-state index contributed by atoms with van der Waals surface area (Å²) < 4.78 is 9.86. The first-order valence-electron chi connectivity index (χ1n) is 6.16. The van der Waals surface area contributed by atoms with Crippen LogP contribution in [0.2, 0.25) is 0 Å². The molecule has 0 unspecified atom stereocenters. The Balaban J connectivity index is 2.29. The summed E-state index contributed by atoms with van der Waals surface area (Å²) in [5.41, 5.74) is 0.996. The summed E-state index contributed by atoms with van der Waals surface area (Å²) in [7, 11) is 1.29. The first-order chi connectivity index (χ1) is 9.17. The Hall–Kier alpha value is -1.88. The first-order valence-corrected chi connectivity index (χ1v) is 6.16. The summed E-state index contributed by atoms with van der Waals surface area (Å²) in [5, 5.41) is 2.57. The zero-order valence-electron chi connectivity index (χ0n) is 11.2. The van der Waals surface area contributed by atoms with Crippen molar-refractivity contribution >= 4 is 11.9 Å². The van der Waals surface area contributed by atoms with Gasteiger partial charge in [-0.25, -0.2) is 4.79 Å². The molecule has 5 nitrogen and oxygen atoms in total. The Morgan fingerprint density at radius 1 is 1.26 bits per heavy atom. The number of esters is 1. The summed E-state index contributed by atoms with van der Waals surface area (Å²) in [4.78, 5) is 22.9. The first kappa shape index (κ1) is 15.2. The summed E-state index contributed by atoms with van der Waals surface area (Å²) in [5.74, 6) is -0.771.